The molecule has 2 heterocycles. The van der Waals surface area contributed by atoms with Gasteiger partial charge in [-0.05, 0) is 66.6 Å². The highest BCUT2D eigenvalue weighted by Crippen LogP contribution is 2.42. The van der Waals surface area contributed by atoms with Gasteiger partial charge in [0.25, 0.3) is 5.91 Å². The fourth-order valence-electron chi connectivity index (χ4n) is 4.44. The Bertz CT molecular complexity index is 1460. The van der Waals surface area contributed by atoms with Crippen LogP contribution >= 0.6 is 0 Å². The van der Waals surface area contributed by atoms with Crippen LogP contribution in [0.2, 0.25) is 0 Å². The number of benzene rings is 3. The van der Waals surface area contributed by atoms with E-state index in [1.54, 1.807) is 18.2 Å². The predicted molar refractivity (Wildman–Crippen MR) is 129 cm³/mol. The third-order valence-electron chi connectivity index (χ3n) is 6.13. The van der Waals surface area contributed by atoms with Crippen LogP contribution in [0.15, 0.2) is 75.9 Å². The minimum absolute atomic E-state index is 0.0504. The van der Waals surface area contributed by atoms with Gasteiger partial charge in [0.05, 0.1) is 23.6 Å². The van der Waals surface area contributed by atoms with E-state index in [0.29, 0.717) is 23.6 Å². The maximum atomic E-state index is 14.0. The zero-order valence-corrected chi connectivity index (χ0v) is 19.1. The molecule has 1 atom stereocenters. The van der Waals surface area contributed by atoms with Gasteiger partial charge in [-0.1, -0.05) is 31.9 Å². The Morgan fingerprint density at radius 2 is 1.71 bits per heavy atom. The molecular formula is C28H23F2NO4. The third-order valence-corrected chi connectivity index (χ3v) is 6.13. The van der Waals surface area contributed by atoms with Crippen molar-refractivity contribution in [3.8, 4) is 5.75 Å². The van der Waals surface area contributed by atoms with Crippen LogP contribution in [-0.4, -0.2) is 12.5 Å². The summed E-state index contributed by atoms with van der Waals surface area (Å²) in [5.41, 5.74) is 0.768. The molecule has 3 aromatic carbocycles. The fourth-order valence-corrected chi connectivity index (χ4v) is 4.44. The summed E-state index contributed by atoms with van der Waals surface area (Å²) in [4.78, 5) is 28.5. The van der Waals surface area contributed by atoms with Crippen molar-refractivity contribution in [1.29, 1.82) is 0 Å². The highest BCUT2D eigenvalue weighted by molar-refractivity contribution is 6.10. The van der Waals surface area contributed by atoms with Gasteiger partial charge in [0.15, 0.2) is 5.43 Å². The average Bonchev–Trinajstić information content (AvgIpc) is 3.15. The Labute approximate surface area is 200 Å². The highest BCUT2D eigenvalue weighted by atomic mass is 19.1. The SMILES string of the molecule is CCCCCOc1cccc(C2c3c(oc4ccc(F)cc4c3=O)C(=O)N2c2ccc(F)cc2)c1. The summed E-state index contributed by atoms with van der Waals surface area (Å²) in [7, 11) is 0. The molecule has 1 amide bonds. The summed E-state index contributed by atoms with van der Waals surface area (Å²) in [6.45, 7) is 2.66. The average molecular weight is 475 g/mol. The molecule has 0 N–H and O–H groups in total. The lowest BCUT2D eigenvalue weighted by molar-refractivity contribution is 0.0971. The van der Waals surface area contributed by atoms with Crippen molar-refractivity contribution in [2.75, 3.05) is 11.5 Å². The number of halogens is 2. The Balaban J connectivity index is 1.67. The fraction of sp³-hybridized carbons (Fsp3) is 0.214. The number of nitrogens with zero attached hydrogens (tertiary/aromatic N) is 1. The van der Waals surface area contributed by atoms with Crippen LogP contribution in [0.5, 0.6) is 5.75 Å². The molecule has 1 aliphatic rings. The molecule has 0 radical (unpaired) electrons. The van der Waals surface area contributed by atoms with Crippen molar-refractivity contribution in [1.82, 2.24) is 0 Å². The second-order valence-electron chi connectivity index (χ2n) is 8.50. The predicted octanol–water partition coefficient (Wildman–Crippen LogP) is 6.39. The molecule has 4 aromatic rings. The first-order valence-corrected chi connectivity index (χ1v) is 11.6. The lowest BCUT2D eigenvalue weighted by Crippen LogP contribution is -2.29. The van der Waals surface area contributed by atoms with E-state index in [1.807, 2.05) is 6.07 Å². The molecule has 1 aliphatic heterocycles. The largest absolute Gasteiger partial charge is 0.494 e. The van der Waals surface area contributed by atoms with Crippen molar-refractivity contribution >= 4 is 22.6 Å². The molecule has 178 valence electrons. The number of amides is 1. The van der Waals surface area contributed by atoms with E-state index >= 15 is 0 Å². The van der Waals surface area contributed by atoms with E-state index in [4.69, 9.17) is 9.15 Å². The van der Waals surface area contributed by atoms with Gasteiger partial charge >= 0.3 is 0 Å². The second kappa shape index (κ2) is 9.33. The third kappa shape index (κ3) is 4.18. The van der Waals surface area contributed by atoms with Crippen LogP contribution < -0.4 is 15.1 Å². The normalized spacial score (nSPS) is 15.0. The lowest BCUT2D eigenvalue weighted by Gasteiger charge is -2.25. The van der Waals surface area contributed by atoms with Crippen LogP contribution in [0, 0.1) is 11.6 Å². The molecule has 0 bridgehead atoms. The maximum Gasteiger partial charge on any atom is 0.295 e. The maximum absolute atomic E-state index is 14.0. The van der Waals surface area contributed by atoms with Crippen LogP contribution in [0.1, 0.15) is 53.9 Å². The van der Waals surface area contributed by atoms with Gasteiger partial charge in [-0.15, -0.1) is 0 Å². The topological polar surface area (TPSA) is 59.8 Å². The zero-order valence-electron chi connectivity index (χ0n) is 19.1. The summed E-state index contributed by atoms with van der Waals surface area (Å²) < 4.78 is 39.3. The van der Waals surface area contributed by atoms with Gasteiger partial charge in [0.2, 0.25) is 5.76 Å². The molecular weight excluding hydrogens is 452 g/mol. The number of hydrogen-bond acceptors (Lipinski definition) is 4. The Morgan fingerprint density at radius 3 is 2.49 bits per heavy atom. The molecule has 0 saturated heterocycles. The molecule has 5 rings (SSSR count). The van der Waals surface area contributed by atoms with Gasteiger partial charge in [-0.25, -0.2) is 8.78 Å². The number of carbonyl (C=O) groups is 1. The first kappa shape index (κ1) is 22.8. The number of ether oxygens (including phenoxy) is 1. The Morgan fingerprint density at radius 1 is 0.943 bits per heavy atom. The Kier molecular flexibility index (Phi) is 6.07. The summed E-state index contributed by atoms with van der Waals surface area (Å²) in [6.07, 6.45) is 3.03. The number of anilines is 1. The molecule has 1 aromatic heterocycles. The molecule has 0 fully saturated rings. The van der Waals surface area contributed by atoms with Gasteiger partial charge < -0.3 is 9.15 Å². The van der Waals surface area contributed by atoms with Crippen molar-refractivity contribution < 1.29 is 22.7 Å². The summed E-state index contributed by atoms with van der Waals surface area (Å²) in [6, 6.07) is 15.4. The van der Waals surface area contributed by atoms with Gasteiger partial charge in [-0.3, -0.25) is 14.5 Å². The lowest BCUT2D eigenvalue weighted by atomic mass is 9.98. The molecule has 5 nitrogen and oxygen atoms in total. The van der Waals surface area contributed by atoms with E-state index in [1.165, 1.54) is 41.3 Å². The molecule has 35 heavy (non-hydrogen) atoms. The van der Waals surface area contributed by atoms with E-state index in [2.05, 4.69) is 6.92 Å². The van der Waals surface area contributed by atoms with Gasteiger partial charge in [0.1, 0.15) is 23.0 Å². The van der Waals surface area contributed by atoms with Crippen LogP contribution in [0.3, 0.4) is 0 Å². The molecule has 7 heteroatoms. The van der Waals surface area contributed by atoms with E-state index in [9.17, 15) is 18.4 Å². The quantitative estimate of drug-likeness (QED) is 0.291. The summed E-state index contributed by atoms with van der Waals surface area (Å²) >= 11 is 0. The summed E-state index contributed by atoms with van der Waals surface area (Å²) in [5, 5.41) is 0.0504. The van der Waals surface area contributed by atoms with Gasteiger partial charge in [0, 0.05) is 5.69 Å². The van der Waals surface area contributed by atoms with Gasteiger partial charge in [-0.2, -0.15) is 0 Å². The first-order valence-electron chi connectivity index (χ1n) is 11.6. The molecule has 0 saturated carbocycles. The standard InChI is InChI=1S/C28H23F2NO4/c1-2-3-4-14-34-21-7-5-6-17(15-21)25-24-26(32)22-16-19(30)10-13-23(22)35-27(24)28(33)31(25)20-11-8-18(29)9-12-20/h5-13,15-16,25H,2-4,14H2,1H3. The van der Waals surface area contributed by atoms with Crippen LogP contribution in [0.4, 0.5) is 14.5 Å². The number of unbranched alkanes of at least 4 members (excludes halogenated alkanes) is 2. The minimum Gasteiger partial charge on any atom is -0.494 e. The zero-order chi connectivity index (χ0) is 24.5. The number of carbonyl (C=O) groups excluding carboxylic acids is 1. The number of fused-ring (bicyclic) bond motifs is 2. The van der Waals surface area contributed by atoms with E-state index in [-0.39, 0.29) is 22.3 Å². The minimum atomic E-state index is -0.855. The van der Waals surface area contributed by atoms with Crippen molar-refractivity contribution in [3.63, 3.8) is 0 Å². The number of hydrogen-bond donors (Lipinski definition) is 0. The van der Waals surface area contributed by atoms with Crippen molar-refractivity contribution in [2.24, 2.45) is 0 Å². The monoisotopic (exact) mass is 475 g/mol. The molecule has 1 unspecified atom stereocenters. The highest BCUT2D eigenvalue weighted by Gasteiger charge is 2.43. The van der Waals surface area contributed by atoms with Crippen LogP contribution in [-0.2, 0) is 0 Å². The smallest absolute Gasteiger partial charge is 0.295 e. The summed E-state index contributed by atoms with van der Waals surface area (Å²) in [5.74, 6) is -1.07. The van der Waals surface area contributed by atoms with E-state index in [0.717, 1.165) is 25.3 Å². The van der Waals surface area contributed by atoms with Crippen LogP contribution in [0.25, 0.3) is 11.0 Å². The molecule has 0 spiro atoms. The first-order chi connectivity index (χ1) is 17.0. The number of rotatable bonds is 7. The van der Waals surface area contributed by atoms with Crippen molar-refractivity contribution in [3.05, 3.63) is 105 Å². The second-order valence-corrected chi connectivity index (χ2v) is 8.50. The Hall–Kier alpha value is -4.00. The molecule has 0 aliphatic carbocycles. The van der Waals surface area contributed by atoms with Crippen molar-refractivity contribution in [2.45, 2.75) is 32.2 Å². The van der Waals surface area contributed by atoms with E-state index < -0.39 is 29.0 Å².